The number of aliphatic hydroxyl groups excluding tert-OH is 1. The molecule has 0 aliphatic carbocycles. The number of aryl methyl sites for hydroxylation is 2. The smallest absolute Gasteiger partial charge is 0.260 e. The van der Waals surface area contributed by atoms with Gasteiger partial charge in [-0.2, -0.15) is 0 Å². The predicted molar refractivity (Wildman–Crippen MR) is 148 cm³/mol. The van der Waals surface area contributed by atoms with Gasteiger partial charge in [0.15, 0.2) is 0 Å². The zero-order valence-electron chi connectivity index (χ0n) is 21.0. The molecule has 4 rings (SSSR count). The maximum absolute atomic E-state index is 13.1. The molecule has 2 heterocycles. The van der Waals surface area contributed by atoms with Crippen LogP contribution >= 0.6 is 22.9 Å². The first-order valence-electron chi connectivity index (χ1n) is 12.1. The number of thiophene rings is 1. The van der Waals surface area contributed by atoms with Crippen LogP contribution in [0.5, 0.6) is 5.75 Å². The summed E-state index contributed by atoms with van der Waals surface area (Å²) in [6, 6.07) is 13.3. The fourth-order valence-electron chi connectivity index (χ4n) is 4.20. The third kappa shape index (κ3) is 6.53. The van der Waals surface area contributed by atoms with Crippen molar-refractivity contribution in [2.45, 2.75) is 40.3 Å². The molecule has 8 heteroatoms. The number of benzene rings is 2. The quantitative estimate of drug-likeness (QED) is 0.273. The molecule has 0 saturated heterocycles. The summed E-state index contributed by atoms with van der Waals surface area (Å²) < 4.78 is 5.71. The van der Waals surface area contributed by atoms with Crippen molar-refractivity contribution >= 4 is 33.2 Å². The summed E-state index contributed by atoms with van der Waals surface area (Å²) in [5, 5.41) is 13.9. The molecule has 36 heavy (non-hydrogen) atoms. The second kappa shape index (κ2) is 11.6. The first kappa shape index (κ1) is 26.4. The fourth-order valence-corrected chi connectivity index (χ4v) is 5.29. The van der Waals surface area contributed by atoms with Gasteiger partial charge in [-0.05, 0) is 60.7 Å². The molecular formula is C28H32ClN3O3S. The van der Waals surface area contributed by atoms with E-state index in [0.29, 0.717) is 41.0 Å². The van der Waals surface area contributed by atoms with E-state index < -0.39 is 6.10 Å². The van der Waals surface area contributed by atoms with Gasteiger partial charge >= 0.3 is 0 Å². The van der Waals surface area contributed by atoms with Crippen molar-refractivity contribution in [3.05, 3.63) is 80.2 Å². The highest BCUT2D eigenvalue weighted by molar-refractivity contribution is 7.17. The van der Waals surface area contributed by atoms with Crippen LogP contribution in [0.2, 0.25) is 5.02 Å². The van der Waals surface area contributed by atoms with E-state index >= 15 is 0 Å². The lowest BCUT2D eigenvalue weighted by atomic mass is 10.0. The normalized spacial score (nSPS) is 12.6. The molecule has 0 fully saturated rings. The number of nitrogens with zero attached hydrogens (tertiary/aromatic N) is 2. The minimum Gasteiger partial charge on any atom is -0.491 e. The van der Waals surface area contributed by atoms with Gasteiger partial charge in [-0.25, -0.2) is 4.98 Å². The third-order valence-electron chi connectivity index (χ3n) is 6.03. The third-order valence-corrected chi connectivity index (χ3v) is 7.16. The molecule has 6 nitrogen and oxygen atoms in total. The maximum atomic E-state index is 13.1. The molecule has 0 aliphatic heterocycles. The molecule has 2 N–H and O–H groups in total. The number of aromatic nitrogens is 2. The van der Waals surface area contributed by atoms with E-state index in [1.54, 1.807) is 24.3 Å². The van der Waals surface area contributed by atoms with E-state index in [1.165, 1.54) is 22.5 Å². The van der Waals surface area contributed by atoms with Crippen LogP contribution in [0.25, 0.3) is 21.3 Å². The van der Waals surface area contributed by atoms with Crippen molar-refractivity contribution in [3.63, 3.8) is 0 Å². The number of fused-ring (bicyclic) bond motifs is 1. The van der Waals surface area contributed by atoms with Crippen molar-refractivity contribution in [1.82, 2.24) is 14.9 Å². The number of aliphatic hydroxyl groups is 1. The Morgan fingerprint density at radius 2 is 1.86 bits per heavy atom. The summed E-state index contributed by atoms with van der Waals surface area (Å²) in [5.41, 5.74) is 4.21. The molecule has 2 aromatic heterocycles. The summed E-state index contributed by atoms with van der Waals surface area (Å²) in [4.78, 5) is 23.7. The number of hydrogen-bond donors (Lipinski definition) is 2. The molecule has 1 atom stereocenters. The number of H-pyrrole nitrogens is 1. The van der Waals surface area contributed by atoms with E-state index in [-0.39, 0.29) is 12.2 Å². The predicted octanol–water partition coefficient (Wildman–Crippen LogP) is 5.82. The molecule has 0 spiro atoms. The van der Waals surface area contributed by atoms with Gasteiger partial charge in [0.2, 0.25) is 0 Å². The van der Waals surface area contributed by atoms with Crippen molar-refractivity contribution in [3.8, 4) is 16.9 Å². The van der Waals surface area contributed by atoms with Gasteiger partial charge in [-0.15, -0.1) is 11.3 Å². The SMILES string of the molecule is Cc1ccc(-c2csc3nc(CN(CC(C)C)CC(O)COc4ccc(Cl)cc4)[nH]c(=O)c23)cc1C. The highest BCUT2D eigenvalue weighted by Gasteiger charge is 2.18. The van der Waals surface area contributed by atoms with Gasteiger partial charge in [0.05, 0.1) is 11.9 Å². The fraction of sp³-hybridized carbons (Fsp3) is 0.357. The molecule has 1 unspecified atom stereocenters. The number of hydrogen-bond acceptors (Lipinski definition) is 6. The van der Waals surface area contributed by atoms with Gasteiger partial charge in [0.1, 0.15) is 29.1 Å². The highest BCUT2D eigenvalue weighted by atomic mass is 35.5. The molecular weight excluding hydrogens is 494 g/mol. The Morgan fingerprint density at radius 3 is 2.56 bits per heavy atom. The minimum absolute atomic E-state index is 0.138. The molecule has 0 aliphatic rings. The Kier molecular flexibility index (Phi) is 8.46. The standard InChI is InChI=1S/C28H32ClN3O3S/c1-17(2)12-32(13-22(33)15-35-23-9-7-21(29)8-10-23)14-25-30-27(34)26-24(16-36-28(26)31-25)20-6-5-18(3)19(4)11-20/h5-11,16-17,22,33H,12-15H2,1-4H3,(H,30,31,34). The largest absolute Gasteiger partial charge is 0.491 e. The monoisotopic (exact) mass is 525 g/mol. The van der Waals surface area contributed by atoms with Gasteiger partial charge < -0.3 is 14.8 Å². The second-order valence-electron chi connectivity index (χ2n) is 9.65. The Morgan fingerprint density at radius 1 is 1.11 bits per heavy atom. The lowest BCUT2D eigenvalue weighted by molar-refractivity contribution is 0.0606. The number of nitrogens with one attached hydrogen (secondary N) is 1. The minimum atomic E-state index is -0.701. The zero-order valence-corrected chi connectivity index (χ0v) is 22.6. The van der Waals surface area contributed by atoms with Gasteiger partial charge in [-0.1, -0.05) is 43.6 Å². The number of rotatable bonds is 10. The van der Waals surface area contributed by atoms with Crippen LogP contribution in [0.4, 0.5) is 0 Å². The van der Waals surface area contributed by atoms with E-state index in [2.05, 4.69) is 55.8 Å². The average Bonchev–Trinajstić information content (AvgIpc) is 3.24. The summed E-state index contributed by atoms with van der Waals surface area (Å²) in [6.07, 6.45) is -0.701. The van der Waals surface area contributed by atoms with Crippen molar-refractivity contribution < 1.29 is 9.84 Å². The van der Waals surface area contributed by atoms with Gasteiger partial charge in [0, 0.05) is 29.1 Å². The van der Waals surface area contributed by atoms with E-state index in [1.807, 2.05) is 5.38 Å². The van der Waals surface area contributed by atoms with Crippen LogP contribution in [0, 0.1) is 19.8 Å². The van der Waals surface area contributed by atoms with E-state index in [0.717, 1.165) is 22.5 Å². The van der Waals surface area contributed by atoms with Crippen molar-refractivity contribution in [2.24, 2.45) is 5.92 Å². The van der Waals surface area contributed by atoms with E-state index in [9.17, 15) is 9.90 Å². The molecule has 2 aromatic carbocycles. The molecule has 0 amide bonds. The van der Waals surface area contributed by atoms with Gasteiger partial charge in [0.25, 0.3) is 5.56 Å². The molecule has 4 aromatic rings. The van der Waals surface area contributed by atoms with Crippen molar-refractivity contribution in [1.29, 1.82) is 0 Å². The summed E-state index contributed by atoms with van der Waals surface area (Å²) in [7, 11) is 0. The number of aromatic amines is 1. The summed E-state index contributed by atoms with van der Waals surface area (Å²) in [6.45, 7) is 10.1. The second-order valence-corrected chi connectivity index (χ2v) is 10.9. The Bertz CT molecular complexity index is 1380. The van der Waals surface area contributed by atoms with Crippen LogP contribution < -0.4 is 10.3 Å². The summed E-state index contributed by atoms with van der Waals surface area (Å²) in [5.74, 6) is 1.62. The van der Waals surface area contributed by atoms with Crippen LogP contribution in [-0.2, 0) is 6.54 Å². The average molecular weight is 526 g/mol. The van der Waals surface area contributed by atoms with Crippen molar-refractivity contribution in [2.75, 3.05) is 19.7 Å². The Hall–Kier alpha value is -2.71. The summed E-state index contributed by atoms with van der Waals surface area (Å²) >= 11 is 7.40. The van der Waals surface area contributed by atoms with Crippen LogP contribution in [0.1, 0.15) is 30.8 Å². The lowest BCUT2D eigenvalue weighted by Gasteiger charge is -2.26. The lowest BCUT2D eigenvalue weighted by Crippen LogP contribution is -2.38. The number of ether oxygens (including phenoxy) is 1. The molecule has 0 saturated carbocycles. The molecule has 190 valence electrons. The molecule has 0 bridgehead atoms. The zero-order chi connectivity index (χ0) is 25.8. The van der Waals surface area contributed by atoms with Crippen LogP contribution in [0.3, 0.4) is 0 Å². The van der Waals surface area contributed by atoms with Crippen LogP contribution in [-0.4, -0.2) is 45.8 Å². The first-order chi connectivity index (χ1) is 17.2. The highest BCUT2D eigenvalue weighted by Crippen LogP contribution is 2.31. The van der Waals surface area contributed by atoms with Crippen LogP contribution in [0.15, 0.2) is 52.6 Å². The number of halogens is 1. The topological polar surface area (TPSA) is 78.5 Å². The maximum Gasteiger partial charge on any atom is 0.260 e. The first-order valence-corrected chi connectivity index (χ1v) is 13.3. The van der Waals surface area contributed by atoms with E-state index in [4.69, 9.17) is 21.3 Å². The Balaban J connectivity index is 1.50. The Labute approximate surface area is 220 Å². The molecule has 0 radical (unpaired) electrons. The van der Waals surface area contributed by atoms with Gasteiger partial charge in [-0.3, -0.25) is 9.69 Å².